The molecule has 1 atom stereocenters. The number of hydrogen-bond donors (Lipinski definition) is 1. The molecule has 11 nitrogen and oxygen atoms in total. The van der Waals surface area contributed by atoms with Gasteiger partial charge in [-0.2, -0.15) is 4.98 Å². The molecule has 4 heterocycles. The zero-order chi connectivity index (χ0) is 23.7. The van der Waals surface area contributed by atoms with Gasteiger partial charge in [0.15, 0.2) is 0 Å². The molecule has 11 heteroatoms. The molecular formula is C23H22N6O5. The fourth-order valence-corrected chi connectivity index (χ4v) is 3.81. The highest BCUT2D eigenvalue weighted by Crippen LogP contribution is 2.28. The van der Waals surface area contributed by atoms with E-state index in [0.29, 0.717) is 41.6 Å². The summed E-state index contributed by atoms with van der Waals surface area (Å²) in [5.74, 6) is 0.286. The van der Waals surface area contributed by atoms with Gasteiger partial charge < -0.3 is 19.3 Å². The van der Waals surface area contributed by atoms with E-state index in [-0.39, 0.29) is 18.4 Å². The van der Waals surface area contributed by atoms with Crippen molar-refractivity contribution < 1.29 is 23.6 Å². The van der Waals surface area contributed by atoms with Crippen LogP contribution in [0.1, 0.15) is 28.0 Å². The first-order chi connectivity index (χ1) is 16.5. The molecule has 2 amide bonds. The average Bonchev–Trinajstić information content (AvgIpc) is 3.53. The van der Waals surface area contributed by atoms with Crippen LogP contribution >= 0.6 is 0 Å². The Kier molecular flexibility index (Phi) is 5.68. The summed E-state index contributed by atoms with van der Waals surface area (Å²) in [6, 6.07) is 10.5. The second-order valence-electron chi connectivity index (χ2n) is 7.77. The van der Waals surface area contributed by atoms with Gasteiger partial charge >= 0.3 is 6.09 Å². The molecule has 0 saturated carbocycles. The lowest BCUT2D eigenvalue weighted by molar-refractivity contribution is -0.0153. The highest BCUT2D eigenvalue weighted by atomic mass is 16.5. The number of anilines is 1. The van der Waals surface area contributed by atoms with Crippen molar-refractivity contribution in [2.24, 2.45) is 0 Å². The number of fused-ring (bicyclic) bond motifs is 1. The standard InChI is InChI=1S/C23H22N6O5/c1-14-6-7-15(11-16(14)25-21(30)17-12-24-19-5-3-4-8-28(17)19)20-26-22(34-27-20)18-13-33-10-9-29(18)23(31)32-2/h3-8,11-12,18H,9-10,13H2,1-2H3,(H,25,30)/t18-/m1/s1. The van der Waals surface area contributed by atoms with E-state index < -0.39 is 12.1 Å². The molecule has 0 unspecified atom stereocenters. The number of carbonyl (C=O) groups excluding carboxylic acids is 2. The van der Waals surface area contributed by atoms with Gasteiger partial charge in [0.2, 0.25) is 5.82 Å². The maximum atomic E-state index is 12.9. The number of amides is 2. The fraction of sp³-hybridized carbons (Fsp3) is 0.261. The van der Waals surface area contributed by atoms with Crippen LogP contribution in [0.5, 0.6) is 0 Å². The summed E-state index contributed by atoms with van der Waals surface area (Å²) in [6.07, 6.45) is 2.84. The van der Waals surface area contributed by atoms with Crippen LogP contribution < -0.4 is 5.32 Å². The van der Waals surface area contributed by atoms with Crippen LogP contribution in [-0.2, 0) is 9.47 Å². The number of morpholine rings is 1. The third-order valence-corrected chi connectivity index (χ3v) is 5.66. The van der Waals surface area contributed by atoms with Crippen molar-refractivity contribution in [3.05, 3.63) is 65.9 Å². The third-order valence-electron chi connectivity index (χ3n) is 5.66. The summed E-state index contributed by atoms with van der Waals surface area (Å²) in [5.41, 5.74) is 3.23. The molecule has 1 aliphatic heterocycles. The van der Waals surface area contributed by atoms with Crippen molar-refractivity contribution in [2.45, 2.75) is 13.0 Å². The van der Waals surface area contributed by atoms with Crippen LogP contribution in [0.15, 0.2) is 53.3 Å². The highest BCUT2D eigenvalue weighted by molar-refractivity contribution is 6.04. The van der Waals surface area contributed by atoms with Gasteiger partial charge in [-0.3, -0.25) is 14.1 Å². The summed E-state index contributed by atoms with van der Waals surface area (Å²) >= 11 is 0. The molecular weight excluding hydrogens is 440 g/mol. The Hall–Kier alpha value is -4.25. The monoisotopic (exact) mass is 462 g/mol. The number of rotatable bonds is 4. The van der Waals surface area contributed by atoms with Crippen molar-refractivity contribution in [3.8, 4) is 11.4 Å². The molecule has 1 fully saturated rings. The second kappa shape index (κ2) is 8.94. The molecule has 34 heavy (non-hydrogen) atoms. The molecule has 1 aliphatic rings. The lowest BCUT2D eigenvalue weighted by atomic mass is 10.1. The molecule has 4 aromatic rings. The zero-order valence-corrected chi connectivity index (χ0v) is 18.6. The minimum atomic E-state index is -0.540. The topological polar surface area (TPSA) is 124 Å². The minimum absolute atomic E-state index is 0.227. The van der Waals surface area contributed by atoms with E-state index in [0.717, 1.165) is 5.56 Å². The van der Waals surface area contributed by atoms with E-state index in [1.807, 2.05) is 37.3 Å². The summed E-state index contributed by atoms with van der Waals surface area (Å²) in [6.45, 7) is 2.88. The van der Waals surface area contributed by atoms with E-state index in [4.69, 9.17) is 14.0 Å². The number of hydrogen-bond acceptors (Lipinski definition) is 8. The van der Waals surface area contributed by atoms with Gasteiger partial charge in [-0.15, -0.1) is 0 Å². The molecule has 3 aromatic heterocycles. The van der Waals surface area contributed by atoms with E-state index >= 15 is 0 Å². The van der Waals surface area contributed by atoms with Crippen molar-refractivity contribution in [2.75, 3.05) is 32.2 Å². The normalized spacial score (nSPS) is 15.9. The van der Waals surface area contributed by atoms with Gasteiger partial charge in [-0.05, 0) is 30.7 Å². The van der Waals surface area contributed by atoms with Crippen LogP contribution in [0.4, 0.5) is 10.5 Å². The first kappa shape index (κ1) is 21.6. The zero-order valence-electron chi connectivity index (χ0n) is 18.6. The molecule has 0 aliphatic carbocycles. The number of aromatic nitrogens is 4. The van der Waals surface area contributed by atoms with Gasteiger partial charge in [-0.1, -0.05) is 23.4 Å². The van der Waals surface area contributed by atoms with Gasteiger partial charge in [0.25, 0.3) is 11.8 Å². The molecule has 1 N–H and O–H groups in total. The summed E-state index contributed by atoms with van der Waals surface area (Å²) in [4.78, 5) is 35.3. The van der Waals surface area contributed by atoms with Crippen LogP contribution in [0.25, 0.3) is 17.0 Å². The molecule has 1 saturated heterocycles. The molecule has 1 aromatic carbocycles. The number of pyridine rings is 1. The lowest BCUT2D eigenvalue weighted by Crippen LogP contribution is -2.43. The number of methoxy groups -OCH3 is 1. The SMILES string of the molecule is COC(=O)N1CCOC[C@@H]1c1nc(-c2ccc(C)c(NC(=O)c3cnc4ccccn34)c2)no1. The maximum Gasteiger partial charge on any atom is 0.410 e. The molecule has 0 bridgehead atoms. The van der Waals surface area contributed by atoms with Crippen molar-refractivity contribution in [1.82, 2.24) is 24.4 Å². The summed E-state index contributed by atoms with van der Waals surface area (Å²) in [5, 5.41) is 7.01. The van der Waals surface area contributed by atoms with E-state index in [9.17, 15) is 9.59 Å². The van der Waals surface area contributed by atoms with Crippen molar-refractivity contribution in [1.29, 1.82) is 0 Å². The quantitative estimate of drug-likeness (QED) is 0.491. The summed E-state index contributed by atoms with van der Waals surface area (Å²) < 4.78 is 17.5. The Morgan fingerprint density at radius 3 is 2.97 bits per heavy atom. The molecule has 0 spiro atoms. The van der Waals surface area contributed by atoms with E-state index in [1.165, 1.54) is 18.2 Å². The number of aryl methyl sites for hydroxylation is 1. The molecule has 174 valence electrons. The van der Waals surface area contributed by atoms with Gasteiger partial charge in [0.1, 0.15) is 17.4 Å². The first-order valence-electron chi connectivity index (χ1n) is 10.7. The van der Waals surface area contributed by atoms with Crippen molar-refractivity contribution >= 4 is 23.3 Å². The third kappa shape index (κ3) is 3.97. The van der Waals surface area contributed by atoms with Crippen LogP contribution in [0, 0.1) is 6.92 Å². The number of benzene rings is 1. The fourth-order valence-electron chi connectivity index (χ4n) is 3.81. The van der Waals surface area contributed by atoms with E-state index in [1.54, 1.807) is 16.7 Å². The summed E-state index contributed by atoms with van der Waals surface area (Å²) in [7, 11) is 1.32. The Balaban J connectivity index is 1.39. The minimum Gasteiger partial charge on any atom is -0.453 e. The number of ether oxygens (including phenoxy) is 2. The van der Waals surface area contributed by atoms with Gasteiger partial charge in [0.05, 0.1) is 26.5 Å². The molecule has 5 rings (SSSR count). The Labute approximate surface area is 194 Å². The van der Waals surface area contributed by atoms with E-state index in [2.05, 4.69) is 20.4 Å². The van der Waals surface area contributed by atoms with Gasteiger partial charge in [0, 0.05) is 24.0 Å². The molecule has 0 radical (unpaired) electrons. The Morgan fingerprint density at radius 2 is 2.12 bits per heavy atom. The number of imidazole rings is 1. The maximum absolute atomic E-state index is 12.9. The second-order valence-corrected chi connectivity index (χ2v) is 7.77. The number of nitrogens with zero attached hydrogens (tertiary/aromatic N) is 5. The average molecular weight is 462 g/mol. The number of carbonyl (C=O) groups is 2. The Bertz CT molecular complexity index is 1360. The number of nitrogens with one attached hydrogen (secondary N) is 1. The van der Waals surface area contributed by atoms with Crippen molar-refractivity contribution in [3.63, 3.8) is 0 Å². The van der Waals surface area contributed by atoms with Crippen LogP contribution in [0.2, 0.25) is 0 Å². The lowest BCUT2D eigenvalue weighted by Gasteiger charge is -2.31. The highest BCUT2D eigenvalue weighted by Gasteiger charge is 2.33. The Morgan fingerprint density at radius 1 is 1.24 bits per heavy atom. The van der Waals surface area contributed by atoms with Crippen LogP contribution in [-0.4, -0.2) is 63.3 Å². The first-order valence-corrected chi connectivity index (χ1v) is 10.7. The van der Waals surface area contributed by atoms with Crippen LogP contribution in [0.3, 0.4) is 0 Å². The smallest absolute Gasteiger partial charge is 0.410 e. The largest absolute Gasteiger partial charge is 0.453 e. The predicted octanol–water partition coefficient (Wildman–Crippen LogP) is 3.08. The predicted molar refractivity (Wildman–Crippen MR) is 120 cm³/mol. The van der Waals surface area contributed by atoms with Gasteiger partial charge in [-0.25, -0.2) is 9.78 Å².